The summed E-state index contributed by atoms with van der Waals surface area (Å²) >= 11 is 6.23. The van der Waals surface area contributed by atoms with Gasteiger partial charge in [-0.05, 0) is 35.4 Å². The minimum Gasteiger partial charge on any atom is -0.410 e. The average molecular weight is 391 g/mol. The summed E-state index contributed by atoms with van der Waals surface area (Å²) < 4.78 is 15.4. The van der Waals surface area contributed by atoms with E-state index in [9.17, 15) is 9.59 Å². The van der Waals surface area contributed by atoms with Gasteiger partial charge in [0, 0.05) is 21.3 Å². The van der Waals surface area contributed by atoms with Crippen LogP contribution in [0.15, 0.2) is 24.3 Å². The summed E-state index contributed by atoms with van der Waals surface area (Å²) in [5, 5.41) is 0. The molecule has 0 fully saturated rings. The van der Waals surface area contributed by atoms with Crippen molar-refractivity contribution < 1.29 is 23.4 Å². The molecule has 0 saturated carbocycles. The first-order valence-corrected chi connectivity index (χ1v) is 11.4. The molecule has 0 saturated heterocycles. The molecule has 2 amide bonds. The SMILES string of the molecule is COP(=S)(OC)SCC(=O)N(C)C(=O)Oc1cccc(C(C)C)c1. The third-order valence-corrected chi connectivity index (χ3v) is 8.83. The number of ether oxygens (including phenoxy) is 1. The second-order valence-electron chi connectivity index (χ2n) is 5.13. The third-order valence-electron chi connectivity index (χ3n) is 3.17. The Kier molecular flexibility index (Phi) is 8.39. The van der Waals surface area contributed by atoms with Crippen LogP contribution in [0, 0.1) is 0 Å². The molecule has 0 aliphatic rings. The van der Waals surface area contributed by atoms with Crippen molar-refractivity contribution in [2.45, 2.75) is 19.8 Å². The standard InChI is InChI=1S/C15H22NO5PS2/c1-11(2)12-7-6-8-13(9-12)21-15(18)16(3)14(17)10-24-22(23,19-4)20-5/h6-9,11H,10H2,1-5H3. The van der Waals surface area contributed by atoms with E-state index in [4.69, 9.17) is 25.6 Å². The molecule has 9 heteroatoms. The molecule has 24 heavy (non-hydrogen) atoms. The van der Waals surface area contributed by atoms with Gasteiger partial charge in [-0.15, -0.1) is 0 Å². The largest absolute Gasteiger partial charge is 0.421 e. The van der Waals surface area contributed by atoms with Crippen molar-refractivity contribution >= 4 is 40.9 Å². The van der Waals surface area contributed by atoms with E-state index in [1.165, 1.54) is 21.3 Å². The number of hydrogen-bond donors (Lipinski definition) is 0. The quantitative estimate of drug-likeness (QED) is 0.651. The molecule has 6 nitrogen and oxygen atoms in total. The lowest BCUT2D eigenvalue weighted by Gasteiger charge is -2.19. The number of carbonyl (C=O) groups excluding carboxylic acids is 2. The summed E-state index contributed by atoms with van der Waals surface area (Å²) in [7, 11) is 4.23. The van der Waals surface area contributed by atoms with Gasteiger partial charge < -0.3 is 13.8 Å². The number of benzene rings is 1. The van der Waals surface area contributed by atoms with Crippen molar-refractivity contribution in [1.29, 1.82) is 0 Å². The Morgan fingerprint density at radius 3 is 2.46 bits per heavy atom. The van der Waals surface area contributed by atoms with Crippen LogP contribution in [-0.2, 0) is 25.6 Å². The van der Waals surface area contributed by atoms with E-state index in [1.807, 2.05) is 26.0 Å². The molecular weight excluding hydrogens is 369 g/mol. The lowest BCUT2D eigenvalue weighted by atomic mass is 10.0. The topological polar surface area (TPSA) is 65.1 Å². The van der Waals surface area contributed by atoms with E-state index in [1.54, 1.807) is 12.1 Å². The van der Waals surface area contributed by atoms with Gasteiger partial charge in [0.05, 0.1) is 5.75 Å². The highest BCUT2D eigenvalue weighted by Crippen LogP contribution is 2.59. The van der Waals surface area contributed by atoms with Gasteiger partial charge in [-0.2, -0.15) is 0 Å². The second-order valence-corrected chi connectivity index (χ2v) is 11.7. The van der Waals surface area contributed by atoms with Crippen molar-refractivity contribution in [3.05, 3.63) is 29.8 Å². The first kappa shape index (κ1) is 21.1. The smallest absolute Gasteiger partial charge is 0.410 e. The minimum atomic E-state index is -2.54. The Bertz CT molecular complexity index is 630. The fraction of sp³-hybridized carbons (Fsp3) is 0.467. The van der Waals surface area contributed by atoms with E-state index in [2.05, 4.69) is 0 Å². The maximum Gasteiger partial charge on any atom is 0.421 e. The van der Waals surface area contributed by atoms with E-state index >= 15 is 0 Å². The number of carbonyl (C=O) groups is 2. The van der Waals surface area contributed by atoms with Gasteiger partial charge in [0.25, 0.3) is 0 Å². The maximum atomic E-state index is 12.1. The first-order valence-electron chi connectivity index (χ1n) is 7.16. The van der Waals surface area contributed by atoms with Crippen LogP contribution < -0.4 is 4.74 Å². The van der Waals surface area contributed by atoms with Crippen molar-refractivity contribution in [2.24, 2.45) is 0 Å². The zero-order valence-corrected chi connectivity index (χ0v) is 16.9. The number of rotatable bonds is 7. The van der Waals surface area contributed by atoms with Crippen LogP contribution in [0.3, 0.4) is 0 Å². The highest BCUT2D eigenvalue weighted by Gasteiger charge is 2.24. The summed E-state index contributed by atoms with van der Waals surface area (Å²) in [4.78, 5) is 25.1. The van der Waals surface area contributed by atoms with E-state index in [-0.39, 0.29) is 5.75 Å². The first-order chi connectivity index (χ1) is 11.2. The van der Waals surface area contributed by atoms with Crippen LogP contribution >= 0.6 is 17.1 Å². The molecule has 0 radical (unpaired) electrons. The fourth-order valence-corrected chi connectivity index (χ4v) is 4.35. The van der Waals surface area contributed by atoms with Crippen molar-refractivity contribution in [3.8, 4) is 5.75 Å². The molecule has 0 bridgehead atoms. The van der Waals surface area contributed by atoms with Gasteiger partial charge >= 0.3 is 6.09 Å². The van der Waals surface area contributed by atoms with Crippen LogP contribution in [0.5, 0.6) is 5.75 Å². The third kappa shape index (κ3) is 6.18. The van der Waals surface area contributed by atoms with Gasteiger partial charge in [0.15, 0.2) is 0 Å². The molecule has 0 spiro atoms. The van der Waals surface area contributed by atoms with Gasteiger partial charge in [-0.25, -0.2) is 9.69 Å². The number of nitrogens with zero attached hydrogens (tertiary/aromatic N) is 1. The summed E-state index contributed by atoms with van der Waals surface area (Å²) in [5.41, 5.74) is -1.49. The predicted molar refractivity (Wildman–Crippen MR) is 100 cm³/mol. The molecule has 1 rings (SSSR count). The molecule has 1 aromatic rings. The molecule has 0 aromatic heterocycles. The van der Waals surface area contributed by atoms with Crippen LogP contribution in [0.2, 0.25) is 0 Å². The van der Waals surface area contributed by atoms with Crippen LogP contribution in [0.25, 0.3) is 0 Å². The molecular formula is C15H22NO5PS2. The minimum absolute atomic E-state index is 0.0312. The summed E-state index contributed by atoms with van der Waals surface area (Å²) in [6.45, 7) is 4.09. The molecule has 0 atom stereocenters. The predicted octanol–water partition coefficient (Wildman–Crippen LogP) is 4.02. The van der Waals surface area contributed by atoms with E-state index < -0.39 is 17.7 Å². The van der Waals surface area contributed by atoms with Gasteiger partial charge in [-0.1, -0.05) is 37.4 Å². The highest BCUT2D eigenvalue weighted by molar-refractivity contribution is 8.68. The highest BCUT2D eigenvalue weighted by atomic mass is 32.9. The Balaban J connectivity index is 2.65. The summed E-state index contributed by atoms with van der Waals surface area (Å²) in [6.07, 6.45) is -0.746. The normalized spacial score (nSPS) is 11.4. The molecule has 134 valence electrons. The van der Waals surface area contributed by atoms with Crippen LogP contribution in [0.4, 0.5) is 4.79 Å². The van der Waals surface area contributed by atoms with Crippen molar-refractivity contribution in [3.63, 3.8) is 0 Å². The van der Waals surface area contributed by atoms with Crippen molar-refractivity contribution in [1.82, 2.24) is 4.90 Å². The Morgan fingerprint density at radius 2 is 1.92 bits per heavy atom. The molecule has 0 N–H and O–H groups in total. The Morgan fingerprint density at radius 1 is 1.29 bits per heavy atom. The lowest BCUT2D eigenvalue weighted by Crippen LogP contribution is -2.36. The zero-order chi connectivity index (χ0) is 18.3. The lowest BCUT2D eigenvalue weighted by molar-refractivity contribution is -0.125. The van der Waals surface area contributed by atoms with Crippen LogP contribution in [-0.4, -0.2) is 43.9 Å². The van der Waals surface area contributed by atoms with Crippen molar-refractivity contribution in [2.75, 3.05) is 27.0 Å². The molecule has 1 aromatic carbocycles. The average Bonchev–Trinajstić information content (AvgIpc) is 2.58. The molecule has 0 aliphatic heterocycles. The number of imide groups is 1. The van der Waals surface area contributed by atoms with Gasteiger partial charge in [0.2, 0.25) is 11.6 Å². The van der Waals surface area contributed by atoms with Gasteiger partial charge in [0.1, 0.15) is 5.75 Å². The monoisotopic (exact) mass is 391 g/mol. The maximum absolute atomic E-state index is 12.1. The fourth-order valence-electron chi connectivity index (χ4n) is 1.62. The number of hydrogen-bond acceptors (Lipinski definition) is 7. The Hall–Kier alpha value is -0.920. The van der Waals surface area contributed by atoms with Gasteiger partial charge in [-0.3, -0.25) is 4.79 Å². The van der Waals surface area contributed by atoms with E-state index in [0.717, 1.165) is 21.8 Å². The second kappa shape index (κ2) is 9.53. The number of amides is 2. The zero-order valence-electron chi connectivity index (χ0n) is 14.3. The van der Waals surface area contributed by atoms with E-state index in [0.29, 0.717) is 11.7 Å². The molecule has 0 aliphatic carbocycles. The molecule has 0 unspecified atom stereocenters. The Labute approximate surface area is 151 Å². The molecule has 0 heterocycles. The van der Waals surface area contributed by atoms with Crippen LogP contribution in [0.1, 0.15) is 25.3 Å². The summed E-state index contributed by atoms with van der Waals surface area (Å²) in [6, 6.07) is 7.22. The summed E-state index contributed by atoms with van der Waals surface area (Å²) in [5.74, 6) is 0.244.